The van der Waals surface area contributed by atoms with Crippen LogP contribution in [0.4, 0.5) is 10.1 Å². The second-order valence-electron chi connectivity index (χ2n) is 5.11. The molecule has 106 valence electrons. The molecule has 0 aliphatic heterocycles. The van der Waals surface area contributed by atoms with Gasteiger partial charge in [0, 0.05) is 10.9 Å². The first-order chi connectivity index (χ1) is 8.92. The second-order valence-corrected chi connectivity index (χ2v) is 6.02. The average molecular weight is 331 g/mol. The standard InChI is InChI=1S/C14H20BrFN2O/c1-9(2)5-10(8-17)6-14(19)18-13-7-11(15)3-4-12(13)16/h3-4,7,9-10H,5-6,8,17H2,1-2H3,(H,18,19). The van der Waals surface area contributed by atoms with E-state index in [-0.39, 0.29) is 17.5 Å². The first-order valence-electron chi connectivity index (χ1n) is 6.37. The van der Waals surface area contributed by atoms with E-state index in [1.54, 1.807) is 12.1 Å². The highest BCUT2D eigenvalue weighted by atomic mass is 79.9. The Kier molecular flexibility index (Phi) is 6.45. The minimum Gasteiger partial charge on any atom is -0.330 e. The van der Waals surface area contributed by atoms with Crippen LogP contribution in [-0.2, 0) is 4.79 Å². The summed E-state index contributed by atoms with van der Waals surface area (Å²) in [7, 11) is 0. The number of carbonyl (C=O) groups excluding carboxylic acids is 1. The fraction of sp³-hybridized carbons (Fsp3) is 0.500. The zero-order chi connectivity index (χ0) is 14.4. The molecule has 1 rings (SSSR count). The van der Waals surface area contributed by atoms with E-state index in [1.807, 2.05) is 0 Å². The van der Waals surface area contributed by atoms with Gasteiger partial charge in [-0.2, -0.15) is 0 Å². The summed E-state index contributed by atoms with van der Waals surface area (Å²) in [5.74, 6) is -0.0167. The Morgan fingerprint density at radius 3 is 2.74 bits per heavy atom. The lowest BCUT2D eigenvalue weighted by Crippen LogP contribution is -2.23. The molecule has 3 nitrogen and oxygen atoms in total. The highest BCUT2D eigenvalue weighted by Gasteiger charge is 2.15. The Morgan fingerprint density at radius 1 is 1.47 bits per heavy atom. The lowest BCUT2D eigenvalue weighted by atomic mass is 9.94. The maximum absolute atomic E-state index is 13.5. The molecule has 0 aliphatic rings. The zero-order valence-corrected chi connectivity index (χ0v) is 12.8. The Bertz CT molecular complexity index is 437. The summed E-state index contributed by atoms with van der Waals surface area (Å²) >= 11 is 3.25. The van der Waals surface area contributed by atoms with Gasteiger partial charge in [0.25, 0.3) is 0 Å². The van der Waals surface area contributed by atoms with Crippen LogP contribution < -0.4 is 11.1 Å². The summed E-state index contributed by atoms with van der Waals surface area (Å²) < 4.78 is 14.2. The van der Waals surface area contributed by atoms with Crippen LogP contribution in [0.25, 0.3) is 0 Å². The number of nitrogens with two attached hydrogens (primary N) is 1. The zero-order valence-electron chi connectivity index (χ0n) is 11.2. The van der Waals surface area contributed by atoms with Gasteiger partial charge in [-0.3, -0.25) is 4.79 Å². The summed E-state index contributed by atoms with van der Waals surface area (Å²) in [4.78, 5) is 11.9. The van der Waals surface area contributed by atoms with Crippen LogP contribution >= 0.6 is 15.9 Å². The number of carbonyl (C=O) groups is 1. The molecule has 1 amide bonds. The molecule has 1 aromatic rings. The smallest absolute Gasteiger partial charge is 0.224 e. The predicted molar refractivity (Wildman–Crippen MR) is 79.3 cm³/mol. The van der Waals surface area contributed by atoms with Gasteiger partial charge in [0.05, 0.1) is 5.69 Å². The van der Waals surface area contributed by atoms with Crippen molar-refractivity contribution in [3.63, 3.8) is 0 Å². The molecular weight excluding hydrogens is 311 g/mol. The first-order valence-corrected chi connectivity index (χ1v) is 7.16. The molecule has 1 unspecified atom stereocenters. The van der Waals surface area contributed by atoms with Crippen molar-refractivity contribution < 1.29 is 9.18 Å². The Morgan fingerprint density at radius 2 is 2.16 bits per heavy atom. The molecule has 0 radical (unpaired) electrons. The third kappa shape index (κ3) is 5.70. The molecule has 1 atom stereocenters. The normalized spacial score (nSPS) is 12.5. The first kappa shape index (κ1) is 16.1. The molecule has 5 heteroatoms. The van der Waals surface area contributed by atoms with Gasteiger partial charge in [-0.1, -0.05) is 29.8 Å². The molecule has 0 aromatic heterocycles. The number of benzene rings is 1. The minimum atomic E-state index is -0.440. The van der Waals surface area contributed by atoms with E-state index in [4.69, 9.17) is 5.73 Å². The molecular formula is C14H20BrFN2O. The van der Waals surface area contributed by atoms with E-state index in [2.05, 4.69) is 35.1 Å². The van der Waals surface area contributed by atoms with Gasteiger partial charge in [0.15, 0.2) is 0 Å². The van der Waals surface area contributed by atoms with E-state index >= 15 is 0 Å². The quantitative estimate of drug-likeness (QED) is 0.838. The van der Waals surface area contributed by atoms with Gasteiger partial charge in [-0.25, -0.2) is 4.39 Å². The van der Waals surface area contributed by atoms with Crippen molar-refractivity contribution in [2.24, 2.45) is 17.6 Å². The van der Waals surface area contributed by atoms with Gasteiger partial charge < -0.3 is 11.1 Å². The van der Waals surface area contributed by atoms with Crippen LogP contribution in [0.1, 0.15) is 26.7 Å². The van der Waals surface area contributed by atoms with Crippen LogP contribution in [0.3, 0.4) is 0 Å². The van der Waals surface area contributed by atoms with E-state index in [9.17, 15) is 9.18 Å². The molecule has 0 bridgehead atoms. The molecule has 0 heterocycles. The molecule has 0 aliphatic carbocycles. The summed E-state index contributed by atoms with van der Waals surface area (Å²) in [5, 5.41) is 2.59. The van der Waals surface area contributed by atoms with Gasteiger partial charge in [0.2, 0.25) is 5.91 Å². The predicted octanol–water partition coefficient (Wildman–Crippen LogP) is 3.54. The summed E-state index contributed by atoms with van der Waals surface area (Å²) in [5.41, 5.74) is 5.85. The van der Waals surface area contributed by atoms with Crippen molar-refractivity contribution >= 4 is 27.5 Å². The fourth-order valence-electron chi connectivity index (χ4n) is 1.99. The maximum atomic E-state index is 13.5. The van der Waals surface area contributed by atoms with Crippen LogP contribution in [0.5, 0.6) is 0 Å². The van der Waals surface area contributed by atoms with Crippen LogP contribution in [0, 0.1) is 17.7 Å². The average Bonchev–Trinajstić information content (AvgIpc) is 2.32. The molecule has 19 heavy (non-hydrogen) atoms. The van der Waals surface area contributed by atoms with Crippen molar-refractivity contribution in [2.75, 3.05) is 11.9 Å². The monoisotopic (exact) mass is 330 g/mol. The number of hydrogen-bond acceptors (Lipinski definition) is 2. The molecule has 0 saturated heterocycles. The Balaban J connectivity index is 2.61. The number of nitrogens with one attached hydrogen (secondary N) is 1. The third-order valence-corrected chi connectivity index (χ3v) is 3.31. The molecule has 3 N–H and O–H groups in total. The highest BCUT2D eigenvalue weighted by molar-refractivity contribution is 9.10. The molecule has 0 saturated carbocycles. The SMILES string of the molecule is CC(C)CC(CN)CC(=O)Nc1cc(Br)ccc1F. The van der Waals surface area contributed by atoms with E-state index in [0.29, 0.717) is 18.9 Å². The van der Waals surface area contributed by atoms with Crippen LogP contribution in [0.2, 0.25) is 0 Å². The number of hydrogen-bond donors (Lipinski definition) is 2. The maximum Gasteiger partial charge on any atom is 0.224 e. The van der Waals surface area contributed by atoms with Crippen molar-refractivity contribution in [3.8, 4) is 0 Å². The molecule has 0 fully saturated rings. The topological polar surface area (TPSA) is 55.1 Å². The van der Waals surface area contributed by atoms with Crippen molar-refractivity contribution in [1.29, 1.82) is 0 Å². The van der Waals surface area contributed by atoms with Gasteiger partial charge >= 0.3 is 0 Å². The number of amides is 1. The second kappa shape index (κ2) is 7.60. The van der Waals surface area contributed by atoms with E-state index in [0.717, 1.165) is 10.9 Å². The van der Waals surface area contributed by atoms with Gasteiger partial charge in [-0.15, -0.1) is 0 Å². The van der Waals surface area contributed by atoms with Crippen molar-refractivity contribution in [1.82, 2.24) is 0 Å². The van der Waals surface area contributed by atoms with Crippen molar-refractivity contribution in [3.05, 3.63) is 28.5 Å². The van der Waals surface area contributed by atoms with Crippen LogP contribution in [-0.4, -0.2) is 12.5 Å². The summed E-state index contributed by atoms with van der Waals surface area (Å²) in [6, 6.07) is 4.45. The Hall–Kier alpha value is -0.940. The highest BCUT2D eigenvalue weighted by Crippen LogP contribution is 2.21. The summed E-state index contributed by atoms with van der Waals surface area (Å²) in [6.45, 7) is 4.65. The number of anilines is 1. The van der Waals surface area contributed by atoms with Gasteiger partial charge in [0.1, 0.15) is 5.82 Å². The van der Waals surface area contributed by atoms with Crippen molar-refractivity contribution in [2.45, 2.75) is 26.7 Å². The fourth-order valence-corrected chi connectivity index (χ4v) is 2.35. The lowest BCUT2D eigenvalue weighted by molar-refractivity contribution is -0.117. The minimum absolute atomic E-state index is 0.134. The third-order valence-electron chi connectivity index (χ3n) is 2.81. The van der Waals surface area contributed by atoms with Gasteiger partial charge in [-0.05, 0) is 43.0 Å². The van der Waals surface area contributed by atoms with E-state index in [1.165, 1.54) is 6.07 Å². The number of rotatable bonds is 6. The summed E-state index contributed by atoms with van der Waals surface area (Å²) in [6.07, 6.45) is 1.21. The van der Waals surface area contributed by atoms with Crippen LogP contribution in [0.15, 0.2) is 22.7 Å². The largest absolute Gasteiger partial charge is 0.330 e. The van der Waals surface area contributed by atoms with E-state index < -0.39 is 5.82 Å². The Labute approximate surface area is 121 Å². The lowest BCUT2D eigenvalue weighted by Gasteiger charge is -2.16. The number of halogens is 2. The molecule has 1 aromatic carbocycles. The molecule has 0 spiro atoms.